The molecular formula is C6H10BFO3. The Labute approximate surface area is 65.6 Å². The zero-order valence-electron chi connectivity index (χ0n) is 6.20. The van der Waals surface area contributed by atoms with E-state index in [1.54, 1.807) is 6.92 Å². The maximum Gasteiger partial charge on any atom is 0.258 e. The van der Waals surface area contributed by atoms with E-state index in [9.17, 15) is 4.39 Å². The molecule has 4 atom stereocenters. The molecular weight excluding hydrogens is 150 g/mol. The van der Waals surface area contributed by atoms with E-state index in [2.05, 4.69) is 4.74 Å². The summed E-state index contributed by atoms with van der Waals surface area (Å²) in [5.74, 6) is -2.87. The number of hydrogen-bond acceptors (Lipinski definition) is 3. The molecule has 11 heavy (non-hydrogen) atoms. The van der Waals surface area contributed by atoms with Crippen LogP contribution in [0.15, 0.2) is 0 Å². The normalized spacial score (nSPS) is 51.5. The molecule has 0 aliphatic carbocycles. The van der Waals surface area contributed by atoms with Gasteiger partial charge in [0.15, 0.2) is 0 Å². The lowest BCUT2D eigenvalue weighted by molar-refractivity contribution is -0.185. The van der Waals surface area contributed by atoms with Crippen LogP contribution >= 0.6 is 0 Å². The summed E-state index contributed by atoms with van der Waals surface area (Å²) in [6.07, 6.45) is -1.34. The highest BCUT2D eigenvalue weighted by molar-refractivity contribution is 6.11. The second kappa shape index (κ2) is 2.73. The molecule has 1 heterocycles. The molecule has 1 rings (SSSR count). The highest BCUT2D eigenvalue weighted by atomic mass is 19.2. The lowest BCUT2D eigenvalue weighted by atomic mass is 9.86. The fourth-order valence-corrected chi connectivity index (χ4v) is 1.11. The van der Waals surface area contributed by atoms with Crippen molar-refractivity contribution in [2.24, 2.45) is 5.92 Å². The van der Waals surface area contributed by atoms with E-state index in [0.29, 0.717) is 0 Å². The van der Waals surface area contributed by atoms with Crippen molar-refractivity contribution in [3.8, 4) is 0 Å². The van der Waals surface area contributed by atoms with Gasteiger partial charge in [-0.3, -0.25) is 0 Å². The molecule has 0 aromatic carbocycles. The number of rotatable bonds is 1. The first-order valence-corrected chi connectivity index (χ1v) is 3.42. The maximum absolute atomic E-state index is 13.1. The van der Waals surface area contributed by atoms with Crippen LogP contribution in [-0.4, -0.2) is 42.6 Å². The fourth-order valence-electron chi connectivity index (χ4n) is 1.11. The van der Waals surface area contributed by atoms with Crippen LogP contribution in [0, 0.1) is 5.92 Å². The lowest BCUT2D eigenvalue weighted by Gasteiger charge is -2.20. The van der Waals surface area contributed by atoms with E-state index in [4.69, 9.17) is 18.1 Å². The third-order valence-corrected chi connectivity index (χ3v) is 2.01. The van der Waals surface area contributed by atoms with Gasteiger partial charge in [-0.15, -0.1) is 0 Å². The topological polar surface area (TPSA) is 49.7 Å². The Morgan fingerprint density at radius 3 is 2.45 bits per heavy atom. The molecule has 2 N–H and O–H groups in total. The quantitative estimate of drug-likeness (QED) is 0.492. The van der Waals surface area contributed by atoms with Gasteiger partial charge in [0, 0.05) is 11.9 Å². The van der Waals surface area contributed by atoms with Crippen LogP contribution in [0.5, 0.6) is 0 Å². The molecule has 1 unspecified atom stereocenters. The Kier molecular flexibility index (Phi) is 2.23. The zero-order chi connectivity index (χ0) is 8.65. The van der Waals surface area contributed by atoms with Gasteiger partial charge in [-0.1, -0.05) is 6.92 Å². The van der Waals surface area contributed by atoms with Crippen LogP contribution in [0.25, 0.3) is 0 Å². The lowest BCUT2D eigenvalue weighted by Crippen LogP contribution is -2.39. The maximum atomic E-state index is 13.1. The number of aliphatic hydroxyl groups excluding tert-OH is 2. The Bertz CT molecular complexity index is 157. The molecule has 0 saturated carbocycles. The number of hydrogen-bond donors (Lipinski definition) is 2. The van der Waals surface area contributed by atoms with E-state index in [1.807, 2.05) is 0 Å². The highest BCUT2D eigenvalue weighted by Gasteiger charge is 2.51. The van der Waals surface area contributed by atoms with E-state index >= 15 is 0 Å². The summed E-state index contributed by atoms with van der Waals surface area (Å²) < 4.78 is 17.7. The van der Waals surface area contributed by atoms with E-state index in [1.165, 1.54) is 0 Å². The van der Waals surface area contributed by atoms with Crippen molar-refractivity contribution in [1.29, 1.82) is 0 Å². The van der Waals surface area contributed by atoms with Crippen LogP contribution in [-0.2, 0) is 4.74 Å². The summed E-state index contributed by atoms with van der Waals surface area (Å²) in [5, 5.41) is 17.7. The van der Waals surface area contributed by atoms with E-state index in [0.717, 1.165) is 0 Å². The van der Waals surface area contributed by atoms with E-state index < -0.39 is 30.5 Å². The molecule has 1 fully saturated rings. The van der Waals surface area contributed by atoms with E-state index in [-0.39, 0.29) is 0 Å². The molecule has 0 aromatic rings. The van der Waals surface area contributed by atoms with Crippen LogP contribution in [0.1, 0.15) is 6.92 Å². The molecule has 0 amide bonds. The van der Waals surface area contributed by atoms with Crippen molar-refractivity contribution in [3.63, 3.8) is 0 Å². The van der Waals surface area contributed by atoms with Crippen LogP contribution < -0.4 is 0 Å². The van der Waals surface area contributed by atoms with Gasteiger partial charge in [-0.2, -0.15) is 0 Å². The van der Waals surface area contributed by atoms with Crippen molar-refractivity contribution in [2.45, 2.75) is 24.9 Å². The minimum Gasteiger partial charge on any atom is -0.390 e. The fraction of sp³-hybridized carbons (Fsp3) is 1.00. The molecule has 1 aliphatic rings. The largest absolute Gasteiger partial charge is 0.390 e. The monoisotopic (exact) mass is 160 g/mol. The molecule has 2 radical (unpaired) electrons. The van der Waals surface area contributed by atoms with Crippen LogP contribution in [0.3, 0.4) is 0 Å². The van der Waals surface area contributed by atoms with Crippen LogP contribution in [0.4, 0.5) is 4.39 Å². The minimum atomic E-state index is -2.38. The number of halogens is 1. The molecule has 5 heteroatoms. The molecule has 0 spiro atoms. The van der Waals surface area contributed by atoms with Crippen molar-refractivity contribution in [2.75, 3.05) is 6.61 Å². The Morgan fingerprint density at radius 1 is 1.73 bits per heavy atom. The second-order valence-electron chi connectivity index (χ2n) is 2.83. The molecule has 0 bridgehead atoms. The summed E-state index contributed by atoms with van der Waals surface area (Å²) >= 11 is 0. The predicted molar refractivity (Wildman–Crippen MR) is 36.7 cm³/mol. The summed E-state index contributed by atoms with van der Waals surface area (Å²) in [7, 11) is 5.29. The number of ether oxygens (including phenoxy) is 1. The average Bonchev–Trinajstić information content (AvgIpc) is 2.17. The van der Waals surface area contributed by atoms with Crippen molar-refractivity contribution >= 4 is 7.85 Å². The van der Waals surface area contributed by atoms with Crippen molar-refractivity contribution in [3.05, 3.63) is 0 Å². The predicted octanol–water partition coefficient (Wildman–Crippen LogP) is -0.834. The molecule has 1 saturated heterocycles. The first-order valence-electron chi connectivity index (χ1n) is 3.42. The summed E-state index contributed by atoms with van der Waals surface area (Å²) in [5.41, 5.74) is 0. The van der Waals surface area contributed by atoms with Gasteiger partial charge in [-0.25, -0.2) is 4.39 Å². The summed E-state index contributed by atoms with van der Waals surface area (Å²) in [6, 6.07) is -0.845. The van der Waals surface area contributed by atoms with Gasteiger partial charge < -0.3 is 14.9 Å². The number of aliphatic hydroxyl groups is 2. The zero-order valence-corrected chi connectivity index (χ0v) is 6.20. The van der Waals surface area contributed by atoms with Gasteiger partial charge in [-0.05, 0) is 0 Å². The van der Waals surface area contributed by atoms with Gasteiger partial charge in [0.25, 0.3) is 5.85 Å². The first kappa shape index (κ1) is 8.97. The Hall–Kier alpha value is -0.125. The molecule has 1 aliphatic heterocycles. The molecule has 62 valence electrons. The second-order valence-corrected chi connectivity index (χ2v) is 2.83. The Morgan fingerprint density at radius 2 is 2.27 bits per heavy atom. The SMILES string of the molecule is [B][C@@H]1O[C@@](F)(CO)C(O)[C@@H]1C. The smallest absolute Gasteiger partial charge is 0.258 e. The summed E-state index contributed by atoms with van der Waals surface area (Å²) in [4.78, 5) is 0. The third-order valence-electron chi connectivity index (χ3n) is 2.01. The van der Waals surface area contributed by atoms with Gasteiger partial charge >= 0.3 is 0 Å². The minimum absolute atomic E-state index is 0.493. The molecule has 0 aromatic heterocycles. The first-order chi connectivity index (χ1) is 5.01. The summed E-state index contributed by atoms with van der Waals surface area (Å²) in [6.45, 7) is 0.693. The standard InChI is InChI=1S/C6H10BFO3/c1-3-4(10)6(8,2-9)11-5(3)7/h3-5,9-10H,2H2,1H3/t3-,4?,5+,6-/m0/s1. The van der Waals surface area contributed by atoms with Crippen molar-refractivity contribution < 1.29 is 19.3 Å². The Balaban J connectivity index is 2.73. The third kappa shape index (κ3) is 1.28. The molecule has 3 nitrogen and oxygen atoms in total. The van der Waals surface area contributed by atoms with Gasteiger partial charge in [0.1, 0.15) is 20.6 Å². The number of alkyl halides is 1. The van der Waals surface area contributed by atoms with Crippen LogP contribution in [0.2, 0.25) is 0 Å². The van der Waals surface area contributed by atoms with Crippen molar-refractivity contribution in [1.82, 2.24) is 0 Å². The van der Waals surface area contributed by atoms with Gasteiger partial charge in [0.05, 0.1) is 0 Å². The average molecular weight is 160 g/mol. The highest BCUT2D eigenvalue weighted by Crippen LogP contribution is 2.34. The van der Waals surface area contributed by atoms with Gasteiger partial charge in [0.2, 0.25) is 0 Å².